The zero-order valence-corrected chi connectivity index (χ0v) is 14.8. The first-order valence-electron chi connectivity index (χ1n) is 9.44. The van der Waals surface area contributed by atoms with Crippen LogP contribution >= 0.6 is 0 Å². The molecule has 0 aromatic heterocycles. The van der Waals surface area contributed by atoms with Gasteiger partial charge in [-0.3, -0.25) is 0 Å². The molecule has 2 aromatic carbocycles. The number of aliphatic hydroxyl groups excluding tert-OH is 1. The molecule has 1 saturated carbocycles. The van der Waals surface area contributed by atoms with E-state index >= 15 is 0 Å². The summed E-state index contributed by atoms with van der Waals surface area (Å²) < 4.78 is 0. The number of hydrogen-bond donors (Lipinski definition) is 3. The molecule has 0 spiro atoms. The van der Waals surface area contributed by atoms with Crippen molar-refractivity contribution < 1.29 is 10.2 Å². The summed E-state index contributed by atoms with van der Waals surface area (Å²) in [4.78, 5) is 0. The minimum absolute atomic E-state index is 0.231. The molecule has 3 rings (SSSR count). The Bertz CT molecular complexity index is 618. The zero-order valence-electron chi connectivity index (χ0n) is 14.8. The average Bonchev–Trinajstić information content (AvgIpc) is 2.67. The fourth-order valence-corrected chi connectivity index (χ4v) is 3.95. The van der Waals surface area contributed by atoms with Crippen molar-refractivity contribution in [1.29, 1.82) is 0 Å². The molecule has 1 unspecified atom stereocenters. The Morgan fingerprint density at radius 2 is 1.60 bits per heavy atom. The molecule has 0 amide bonds. The number of phenolic OH excluding ortho intramolecular Hbond substituents is 1. The van der Waals surface area contributed by atoms with Gasteiger partial charge >= 0.3 is 0 Å². The Hall–Kier alpha value is -1.84. The summed E-state index contributed by atoms with van der Waals surface area (Å²) in [6.07, 6.45) is 5.56. The summed E-state index contributed by atoms with van der Waals surface area (Å²) in [5.74, 6) is 1.33. The normalized spacial score (nSPS) is 21.8. The third-order valence-corrected chi connectivity index (χ3v) is 5.49. The number of phenols is 1. The van der Waals surface area contributed by atoms with Gasteiger partial charge in [-0.2, -0.15) is 0 Å². The standard InChI is InChI=1S/C22H29NO2/c24-15-14-20(17-4-2-1-3-5-17)16-23-21-10-6-18(7-11-21)19-8-12-22(25)13-9-19/h1-5,8-9,12-13,18,20-21,23-25H,6-7,10-11,14-16H2. The highest BCUT2D eigenvalue weighted by Crippen LogP contribution is 2.33. The Morgan fingerprint density at radius 1 is 0.920 bits per heavy atom. The number of rotatable bonds is 7. The second-order valence-corrected chi connectivity index (χ2v) is 7.17. The number of benzene rings is 2. The van der Waals surface area contributed by atoms with Crippen molar-refractivity contribution in [3.05, 3.63) is 65.7 Å². The van der Waals surface area contributed by atoms with Crippen molar-refractivity contribution in [2.45, 2.75) is 50.0 Å². The Labute approximate surface area is 150 Å². The van der Waals surface area contributed by atoms with E-state index in [1.807, 2.05) is 6.07 Å². The van der Waals surface area contributed by atoms with Crippen LogP contribution in [-0.4, -0.2) is 29.4 Å². The van der Waals surface area contributed by atoms with E-state index in [0.29, 0.717) is 23.6 Å². The molecule has 3 nitrogen and oxygen atoms in total. The summed E-state index contributed by atoms with van der Waals surface area (Å²) in [6.45, 7) is 1.16. The van der Waals surface area contributed by atoms with Gasteiger partial charge in [-0.15, -0.1) is 0 Å². The third kappa shape index (κ3) is 5.07. The molecule has 0 saturated heterocycles. The third-order valence-electron chi connectivity index (χ3n) is 5.49. The Balaban J connectivity index is 1.49. The predicted octanol–water partition coefficient (Wildman–Crippen LogP) is 4.17. The molecule has 25 heavy (non-hydrogen) atoms. The maximum Gasteiger partial charge on any atom is 0.115 e. The summed E-state index contributed by atoms with van der Waals surface area (Å²) in [5.41, 5.74) is 2.65. The summed E-state index contributed by atoms with van der Waals surface area (Å²) in [5, 5.41) is 22.5. The van der Waals surface area contributed by atoms with Gasteiger partial charge in [-0.1, -0.05) is 42.5 Å². The number of nitrogens with one attached hydrogen (secondary N) is 1. The quantitative estimate of drug-likeness (QED) is 0.709. The van der Waals surface area contributed by atoms with Crippen LogP contribution in [0.2, 0.25) is 0 Å². The SMILES string of the molecule is OCCC(CNC1CCC(c2ccc(O)cc2)CC1)c1ccccc1. The minimum atomic E-state index is 0.231. The second-order valence-electron chi connectivity index (χ2n) is 7.17. The van der Waals surface area contributed by atoms with Gasteiger partial charge in [0.25, 0.3) is 0 Å². The van der Waals surface area contributed by atoms with Crippen LogP contribution in [0.4, 0.5) is 0 Å². The van der Waals surface area contributed by atoms with Crippen LogP contribution in [0.25, 0.3) is 0 Å². The molecule has 134 valence electrons. The predicted molar refractivity (Wildman–Crippen MR) is 102 cm³/mol. The van der Waals surface area contributed by atoms with E-state index in [1.165, 1.54) is 36.8 Å². The van der Waals surface area contributed by atoms with Gasteiger partial charge in [0.2, 0.25) is 0 Å². The highest BCUT2D eigenvalue weighted by atomic mass is 16.3. The summed E-state index contributed by atoms with van der Waals surface area (Å²) in [7, 11) is 0. The van der Waals surface area contributed by atoms with Crippen LogP contribution in [0.15, 0.2) is 54.6 Å². The van der Waals surface area contributed by atoms with E-state index in [1.54, 1.807) is 12.1 Å². The first-order chi connectivity index (χ1) is 12.3. The molecule has 0 radical (unpaired) electrons. The maximum absolute atomic E-state index is 9.43. The van der Waals surface area contributed by atoms with Crippen LogP contribution in [0.1, 0.15) is 55.1 Å². The first-order valence-corrected chi connectivity index (χ1v) is 9.44. The van der Waals surface area contributed by atoms with E-state index in [4.69, 9.17) is 0 Å². The maximum atomic E-state index is 9.43. The lowest BCUT2D eigenvalue weighted by Crippen LogP contribution is -2.35. The van der Waals surface area contributed by atoms with Crippen LogP contribution in [0.5, 0.6) is 5.75 Å². The Morgan fingerprint density at radius 3 is 2.24 bits per heavy atom. The molecular formula is C22H29NO2. The lowest BCUT2D eigenvalue weighted by Gasteiger charge is -2.31. The van der Waals surface area contributed by atoms with Gasteiger partial charge in [0.15, 0.2) is 0 Å². The lowest BCUT2D eigenvalue weighted by molar-refractivity contribution is 0.267. The molecular weight excluding hydrogens is 310 g/mol. The van der Waals surface area contributed by atoms with Gasteiger partial charge < -0.3 is 15.5 Å². The van der Waals surface area contributed by atoms with Gasteiger partial charge in [-0.25, -0.2) is 0 Å². The fourth-order valence-electron chi connectivity index (χ4n) is 3.95. The van der Waals surface area contributed by atoms with Gasteiger partial charge in [-0.05, 0) is 67.2 Å². The van der Waals surface area contributed by atoms with E-state index in [0.717, 1.165) is 13.0 Å². The first kappa shape index (κ1) is 18.0. The highest BCUT2D eigenvalue weighted by molar-refractivity contribution is 5.28. The number of aliphatic hydroxyl groups is 1. The molecule has 3 heteroatoms. The zero-order chi connectivity index (χ0) is 17.5. The van der Waals surface area contributed by atoms with Gasteiger partial charge in [0, 0.05) is 19.2 Å². The van der Waals surface area contributed by atoms with Crippen molar-refractivity contribution in [3.8, 4) is 5.75 Å². The fraction of sp³-hybridized carbons (Fsp3) is 0.455. The van der Waals surface area contributed by atoms with Crippen molar-refractivity contribution in [3.63, 3.8) is 0 Å². The number of aromatic hydroxyl groups is 1. The summed E-state index contributed by atoms with van der Waals surface area (Å²) in [6, 6.07) is 18.8. The van der Waals surface area contributed by atoms with Gasteiger partial charge in [0.05, 0.1) is 0 Å². The van der Waals surface area contributed by atoms with Crippen molar-refractivity contribution >= 4 is 0 Å². The van der Waals surface area contributed by atoms with E-state index in [9.17, 15) is 10.2 Å². The minimum Gasteiger partial charge on any atom is -0.508 e. The van der Waals surface area contributed by atoms with Crippen molar-refractivity contribution in [2.24, 2.45) is 0 Å². The highest BCUT2D eigenvalue weighted by Gasteiger charge is 2.23. The molecule has 0 bridgehead atoms. The molecule has 1 atom stereocenters. The molecule has 1 fully saturated rings. The largest absolute Gasteiger partial charge is 0.508 e. The summed E-state index contributed by atoms with van der Waals surface area (Å²) >= 11 is 0. The topological polar surface area (TPSA) is 52.5 Å². The molecule has 0 heterocycles. The van der Waals surface area contributed by atoms with Crippen LogP contribution < -0.4 is 5.32 Å². The van der Waals surface area contributed by atoms with Crippen LogP contribution in [0, 0.1) is 0 Å². The van der Waals surface area contributed by atoms with Crippen molar-refractivity contribution in [2.75, 3.05) is 13.2 Å². The number of hydrogen-bond acceptors (Lipinski definition) is 3. The van der Waals surface area contributed by atoms with Crippen LogP contribution in [0.3, 0.4) is 0 Å². The monoisotopic (exact) mass is 339 g/mol. The van der Waals surface area contributed by atoms with Crippen LogP contribution in [-0.2, 0) is 0 Å². The molecule has 1 aliphatic rings. The van der Waals surface area contributed by atoms with E-state index in [2.05, 4.69) is 41.7 Å². The molecule has 2 aromatic rings. The lowest BCUT2D eigenvalue weighted by atomic mass is 9.81. The molecule has 0 aliphatic heterocycles. The van der Waals surface area contributed by atoms with E-state index < -0.39 is 0 Å². The molecule has 1 aliphatic carbocycles. The average molecular weight is 339 g/mol. The van der Waals surface area contributed by atoms with E-state index in [-0.39, 0.29) is 6.61 Å². The Kier molecular flexibility index (Phi) is 6.48. The molecule has 3 N–H and O–H groups in total. The second kappa shape index (κ2) is 9.02. The van der Waals surface area contributed by atoms with Crippen molar-refractivity contribution in [1.82, 2.24) is 5.32 Å². The van der Waals surface area contributed by atoms with Gasteiger partial charge in [0.1, 0.15) is 5.75 Å². The smallest absolute Gasteiger partial charge is 0.115 e.